The number of rotatable bonds is 8. The molecule has 0 amide bonds. The van der Waals surface area contributed by atoms with Crippen molar-refractivity contribution in [3.8, 4) is 0 Å². The molecule has 0 saturated heterocycles. The van der Waals surface area contributed by atoms with Gasteiger partial charge in [-0.05, 0) is 124 Å². The molecular formula is C41H38N2. The van der Waals surface area contributed by atoms with Gasteiger partial charge in [-0.3, -0.25) is 0 Å². The van der Waals surface area contributed by atoms with Crippen molar-refractivity contribution in [2.45, 2.75) is 34.1 Å². The van der Waals surface area contributed by atoms with E-state index in [9.17, 15) is 0 Å². The number of hydrogen-bond donors (Lipinski definition) is 0. The first-order chi connectivity index (χ1) is 20.9. The number of hydrogen-bond acceptors (Lipinski definition) is 2. The van der Waals surface area contributed by atoms with Crippen LogP contribution in [0, 0.1) is 27.7 Å². The molecule has 0 N–H and O–H groups in total. The van der Waals surface area contributed by atoms with Crippen molar-refractivity contribution in [1.82, 2.24) is 0 Å². The Morgan fingerprint density at radius 1 is 0.326 bits per heavy atom. The van der Waals surface area contributed by atoms with Crippen LogP contribution in [0.4, 0.5) is 34.1 Å². The van der Waals surface area contributed by atoms with E-state index in [2.05, 4.69) is 183 Å². The summed E-state index contributed by atoms with van der Waals surface area (Å²) in [6, 6.07) is 52.9. The first-order valence-corrected chi connectivity index (χ1v) is 15.0. The highest BCUT2D eigenvalue weighted by Crippen LogP contribution is 2.37. The number of nitrogens with zero attached hydrogens (tertiary/aromatic N) is 2. The standard InChI is InChI=1S/C41H38N2/c1-30-8-18-36(19-9-30)42(37-20-10-31(2)11-21-37)39-24-14-34(15-25-39)29-35-16-26-40(27-17-35)43(38-22-12-32(3)13-23-38)41-7-5-6-33(4)28-41/h5-28H,29H2,1-4H3. The topological polar surface area (TPSA) is 6.48 Å². The van der Waals surface area contributed by atoms with Gasteiger partial charge < -0.3 is 9.80 Å². The average molecular weight is 559 g/mol. The fourth-order valence-corrected chi connectivity index (χ4v) is 5.50. The smallest absolute Gasteiger partial charge is 0.0464 e. The maximum absolute atomic E-state index is 2.33. The van der Waals surface area contributed by atoms with Crippen LogP contribution in [0.15, 0.2) is 146 Å². The van der Waals surface area contributed by atoms with Crippen LogP contribution in [0.2, 0.25) is 0 Å². The van der Waals surface area contributed by atoms with E-state index in [0.29, 0.717) is 0 Å². The van der Waals surface area contributed by atoms with Gasteiger partial charge in [-0.15, -0.1) is 0 Å². The fourth-order valence-electron chi connectivity index (χ4n) is 5.50. The zero-order valence-corrected chi connectivity index (χ0v) is 25.5. The predicted molar refractivity (Wildman–Crippen MR) is 184 cm³/mol. The normalized spacial score (nSPS) is 10.9. The molecule has 0 aliphatic carbocycles. The van der Waals surface area contributed by atoms with Crippen LogP contribution in [0.1, 0.15) is 33.4 Å². The van der Waals surface area contributed by atoms with Gasteiger partial charge in [0.15, 0.2) is 0 Å². The Balaban J connectivity index is 1.25. The lowest BCUT2D eigenvalue weighted by Gasteiger charge is -2.26. The van der Waals surface area contributed by atoms with E-state index in [0.717, 1.165) is 34.9 Å². The Morgan fingerprint density at radius 2 is 0.651 bits per heavy atom. The van der Waals surface area contributed by atoms with E-state index < -0.39 is 0 Å². The Kier molecular flexibility index (Phi) is 8.11. The minimum Gasteiger partial charge on any atom is -0.311 e. The summed E-state index contributed by atoms with van der Waals surface area (Å²) in [5.74, 6) is 0. The summed E-state index contributed by atoms with van der Waals surface area (Å²) in [4.78, 5) is 4.65. The lowest BCUT2D eigenvalue weighted by Crippen LogP contribution is -2.10. The van der Waals surface area contributed by atoms with Crippen molar-refractivity contribution >= 4 is 34.1 Å². The minimum atomic E-state index is 0.880. The molecule has 212 valence electrons. The summed E-state index contributed by atoms with van der Waals surface area (Å²) in [6.45, 7) is 8.53. The monoisotopic (exact) mass is 558 g/mol. The summed E-state index contributed by atoms with van der Waals surface area (Å²) in [7, 11) is 0. The van der Waals surface area contributed by atoms with Crippen molar-refractivity contribution in [3.63, 3.8) is 0 Å². The van der Waals surface area contributed by atoms with Gasteiger partial charge in [0.1, 0.15) is 0 Å². The Labute approximate surface area is 256 Å². The molecule has 0 aromatic heterocycles. The molecule has 0 fully saturated rings. The summed E-state index contributed by atoms with van der Waals surface area (Å²) in [5, 5.41) is 0. The average Bonchev–Trinajstić information content (AvgIpc) is 3.02. The van der Waals surface area contributed by atoms with Gasteiger partial charge in [-0.25, -0.2) is 0 Å². The van der Waals surface area contributed by atoms with E-state index in [-0.39, 0.29) is 0 Å². The van der Waals surface area contributed by atoms with Crippen molar-refractivity contribution in [3.05, 3.63) is 179 Å². The third-order valence-corrected chi connectivity index (χ3v) is 7.93. The summed E-state index contributed by atoms with van der Waals surface area (Å²) in [6.07, 6.45) is 0.880. The van der Waals surface area contributed by atoms with Gasteiger partial charge in [0.2, 0.25) is 0 Å². The first kappa shape index (κ1) is 28.1. The van der Waals surface area contributed by atoms with E-state index >= 15 is 0 Å². The minimum absolute atomic E-state index is 0.880. The number of anilines is 6. The highest BCUT2D eigenvalue weighted by atomic mass is 15.1. The van der Waals surface area contributed by atoms with Crippen molar-refractivity contribution in [2.24, 2.45) is 0 Å². The second-order valence-electron chi connectivity index (χ2n) is 11.5. The highest BCUT2D eigenvalue weighted by molar-refractivity contribution is 5.78. The van der Waals surface area contributed by atoms with Crippen molar-refractivity contribution in [1.29, 1.82) is 0 Å². The summed E-state index contributed by atoms with van der Waals surface area (Å²) < 4.78 is 0. The molecule has 0 saturated carbocycles. The quantitative estimate of drug-likeness (QED) is 0.183. The molecule has 6 aromatic carbocycles. The molecular weight excluding hydrogens is 520 g/mol. The van der Waals surface area contributed by atoms with Gasteiger partial charge in [0.25, 0.3) is 0 Å². The Morgan fingerprint density at radius 3 is 1.00 bits per heavy atom. The van der Waals surface area contributed by atoms with Crippen molar-refractivity contribution < 1.29 is 0 Å². The molecule has 0 bridgehead atoms. The SMILES string of the molecule is Cc1ccc(N(c2ccc(C)cc2)c2ccc(Cc3ccc(N(c4ccc(C)cc4)c4cccc(C)c4)cc3)cc2)cc1. The van der Waals surface area contributed by atoms with Gasteiger partial charge in [0.05, 0.1) is 0 Å². The van der Waals surface area contributed by atoms with E-state index in [1.807, 2.05) is 0 Å². The lowest BCUT2D eigenvalue weighted by atomic mass is 10.0. The zero-order chi connectivity index (χ0) is 29.8. The molecule has 2 nitrogen and oxygen atoms in total. The lowest BCUT2D eigenvalue weighted by molar-refractivity contribution is 1.18. The van der Waals surface area contributed by atoms with Crippen LogP contribution in [0.3, 0.4) is 0 Å². The van der Waals surface area contributed by atoms with Gasteiger partial charge in [0, 0.05) is 34.1 Å². The number of benzene rings is 6. The molecule has 43 heavy (non-hydrogen) atoms. The molecule has 0 atom stereocenters. The predicted octanol–water partition coefficient (Wildman–Crippen LogP) is 11.5. The Hall–Kier alpha value is -5.08. The van der Waals surface area contributed by atoms with Gasteiger partial charge >= 0.3 is 0 Å². The Bertz CT molecular complexity index is 1740. The molecule has 6 aromatic rings. The first-order valence-electron chi connectivity index (χ1n) is 15.0. The van der Waals surface area contributed by atoms with Crippen LogP contribution >= 0.6 is 0 Å². The van der Waals surface area contributed by atoms with Crippen LogP contribution < -0.4 is 9.80 Å². The molecule has 0 spiro atoms. The molecule has 0 aliphatic rings. The third kappa shape index (κ3) is 6.55. The molecule has 2 heteroatoms. The van der Waals surface area contributed by atoms with Crippen LogP contribution in [0.25, 0.3) is 0 Å². The van der Waals surface area contributed by atoms with Crippen molar-refractivity contribution in [2.75, 3.05) is 9.80 Å². The van der Waals surface area contributed by atoms with E-state index in [4.69, 9.17) is 0 Å². The third-order valence-electron chi connectivity index (χ3n) is 7.93. The van der Waals surface area contributed by atoms with Gasteiger partial charge in [-0.2, -0.15) is 0 Å². The molecule has 6 rings (SSSR count). The second-order valence-corrected chi connectivity index (χ2v) is 11.5. The summed E-state index contributed by atoms with van der Waals surface area (Å²) in [5.41, 5.74) is 14.5. The second kappa shape index (κ2) is 12.4. The summed E-state index contributed by atoms with van der Waals surface area (Å²) >= 11 is 0. The molecule has 0 heterocycles. The molecule has 0 unspecified atom stereocenters. The molecule has 0 aliphatic heterocycles. The van der Waals surface area contributed by atoms with Gasteiger partial charge in [-0.1, -0.05) is 89.5 Å². The maximum atomic E-state index is 2.33. The fraction of sp³-hybridized carbons (Fsp3) is 0.122. The van der Waals surface area contributed by atoms with E-state index in [1.54, 1.807) is 0 Å². The maximum Gasteiger partial charge on any atom is 0.0464 e. The van der Waals surface area contributed by atoms with Crippen LogP contribution in [-0.2, 0) is 6.42 Å². The molecule has 0 radical (unpaired) electrons. The van der Waals surface area contributed by atoms with E-state index in [1.165, 1.54) is 39.1 Å². The van der Waals surface area contributed by atoms with Crippen LogP contribution in [0.5, 0.6) is 0 Å². The zero-order valence-electron chi connectivity index (χ0n) is 25.5. The van der Waals surface area contributed by atoms with Crippen LogP contribution in [-0.4, -0.2) is 0 Å². The largest absolute Gasteiger partial charge is 0.311 e. The highest BCUT2D eigenvalue weighted by Gasteiger charge is 2.14. The number of aryl methyl sites for hydroxylation is 4.